The van der Waals surface area contributed by atoms with Crippen molar-refractivity contribution in [3.05, 3.63) is 29.8 Å². The minimum Gasteiger partial charge on any atom is -0.398 e. The van der Waals surface area contributed by atoms with E-state index in [9.17, 15) is 4.79 Å². The fraction of sp³-hybridized carbons (Fsp3) is 0.357. The molecule has 0 radical (unpaired) electrons. The van der Waals surface area contributed by atoms with Gasteiger partial charge in [0.25, 0.3) is 0 Å². The van der Waals surface area contributed by atoms with E-state index in [4.69, 9.17) is 12.2 Å². The molecule has 0 fully saturated rings. The highest BCUT2D eigenvalue weighted by Gasteiger charge is 2.13. The number of nitrogens with two attached hydrogens (primary N) is 1. The summed E-state index contributed by atoms with van der Waals surface area (Å²) in [6, 6.07) is 7.40. The summed E-state index contributed by atoms with van der Waals surface area (Å²) in [4.78, 5) is 13.7. The maximum atomic E-state index is 12.0. The molecule has 0 spiro atoms. The predicted molar refractivity (Wildman–Crippen MR) is 70.3 cm³/mol. The molecule has 3 nitrogen and oxygen atoms in total. The Kier molecular flexibility index (Phi) is 5.09. The van der Waals surface area contributed by atoms with Gasteiger partial charge in [-0.15, -0.1) is 6.42 Å². The van der Waals surface area contributed by atoms with Gasteiger partial charge >= 0.3 is 0 Å². The molecule has 3 heteroatoms. The van der Waals surface area contributed by atoms with E-state index in [-0.39, 0.29) is 5.91 Å². The second-order valence-electron chi connectivity index (χ2n) is 3.90. The number of rotatable bonds is 5. The molecule has 0 aromatic heterocycles. The van der Waals surface area contributed by atoms with E-state index in [1.54, 1.807) is 11.0 Å². The summed E-state index contributed by atoms with van der Waals surface area (Å²) in [5.74, 6) is 2.54. The highest BCUT2D eigenvalue weighted by atomic mass is 16.2. The third-order valence-electron chi connectivity index (χ3n) is 2.53. The lowest BCUT2D eigenvalue weighted by molar-refractivity contribution is -0.129. The summed E-state index contributed by atoms with van der Waals surface area (Å²) in [6.45, 7) is 3.07. The minimum absolute atomic E-state index is 0.0303. The highest BCUT2D eigenvalue weighted by Crippen LogP contribution is 2.12. The number of terminal acetylenes is 1. The van der Waals surface area contributed by atoms with Gasteiger partial charge in [0.2, 0.25) is 5.91 Å². The van der Waals surface area contributed by atoms with E-state index in [0.717, 1.165) is 12.0 Å². The number of para-hydroxylation sites is 1. The molecule has 90 valence electrons. The van der Waals surface area contributed by atoms with E-state index in [0.29, 0.717) is 25.2 Å². The van der Waals surface area contributed by atoms with E-state index >= 15 is 0 Å². The summed E-state index contributed by atoms with van der Waals surface area (Å²) in [5.41, 5.74) is 7.31. The largest absolute Gasteiger partial charge is 0.398 e. The molecular weight excluding hydrogens is 212 g/mol. The van der Waals surface area contributed by atoms with Crippen LogP contribution in [0.25, 0.3) is 0 Å². The zero-order chi connectivity index (χ0) is 12.7. The number of hydrogen-bond acceptors (Lipinski definition) is 2. The minimum atomic E-state index is 0.0303. The van der Waals surface area contributed by atoms with Crippen molar-refractivity contribution in [2.45, 2.75) is 19.8 Å². The fourth-order valence-corrected chi connectivity index (χ4v) is 1.64. The van der Waals surface area contributed by atoms with Gasteiger partial charge in [0.1, 0.15) is 0 Å². The third kappa shape index (κ3) is 3.84. The average Bonchev–Trinajstić information content (AvgIpc) is 2.32. The molecule has 0 atom stereocenters. The van der Waals surface area contributed by atoms with Gasteiger partial charge in [0.15, 0.2) is 0 Å². The molecule has 0 unspecified atom stereocenters. The SMILES string of the molecule is C#CCN(CCC)C(=O)Cc1ccccc1N. The number of carbonyl (C=O) groups is 1. The van der Waals surface area contributed by atoms with E-state index in [1.165, 1.54) is 0 Å². The number of nitrogens with zero attached hydrogens (tertiary/aromatic N) is 1. The number of hydrogen-bond donors (Lipinski definition) is 1. The van der Waals surface area contributed by atoms with E-state index in [1.807, 2.05) is 25.1 Å². The Morgan fingerprint density at radius 1 is 1.47 bits per heavy atom. The Morgan fingerprint density at radius 2 is 2.18 bits per heavy atom. The van der Waals surface area contributed by atoms with Crippen molar-refractivity contribution in [1.29, 1.82) is 0 Å². The van der Waals surface area contributed by atoms with Crippen LogP contribution in [0.15, 0.2) is 24.3 Å². The molecular formula is C14H18N2O. The molecule has 2 N–H and O–H groups in total. The van der Waals surface area contributed by atoms with Crippen LogP contribution in [0.3, 0.4) is 0 Å². The standard InChI is InChI=1S/C14H18N2O/c1-3-9-16(10-4-2)14(17)11-12-7-5-6-8-13(12)15/h1,5-8H,4,9-11,15H2,2H3. The summed E-state index contributed by atoms with van der Waals surface area (Å²) < 4.78 is 0. The van der Waals surface area contributed by atoms with Crippen LogP contribution in [0.4, 0.5) is 5.69 Å². The number of benzene rings is 1. The van der Waals surface area contributed by atoms with Gasteiger partial charge in [-0.05, 0) is 18.1 Å². The van der Waals surface area contributed by atoms with Gasteiger partial charge in [-0.25, -0.2) is 0 Å². The molecule has 0 aliphatic heterocycles. The van der Waals surface area contributed by atoms with Crippen LogP contribution in [0, 0.1) is 12.3 Å². The number of carbonyl (C=O) groups excluding carboxylic acids is 1. The van der Waals surface area contributed by atoms with E-state index < -0.39 is 0 Å². The van der Waals surface area contributed by atoms with Gasteiger partial charge in [0, 0.05) is 12.2 Å². The lowest BCUT2D eigenvalue weighted by Gasteiger charge is -2.19. The average molecular weight is 230 g/mol. The van der Waals surface area contributed by atoms with Crippen molar-refractivity contribution < 1.29 is 4.79 Å². The highest BCUT2D eigenvalue weighted by molar-refractivity contribution is 5.80. The van der Waals surface area contributed by atoms with Crippen LogP contribution < -0.4 is 5.73 Å². The smallest absolute Gasteiger partial charge is 0.227 e. The molecule has 0 saturated carbocycles. The molecule has 0 heterocycles. The van der Waals surface area contributed by atoms with Crippen molar-refractivity contribution in [2.24, 2.45) is 0 Å². The molecule has 1 aromatic carbocycles. The van der Waals surface area contributed by atoms with Gasteiger partial charge in [0.05, 0.1) is 13.0 Å². The van der Waals surface area contributed by atoms with Gasteiger partial charge < -0.3 is 10.6 Å². The molecule has 1 aromatic rings. The third-order valence-corrected chi connectivity index (χ3v) is 2.53. The molecule has 1 rings (SSSR count). The maximum absolute atomic E-state index is 12.0. The van der Waals surface area contributed by atoms with Crippen molar-refractivity contribution in [1.82, 2.24) is 4.90 Å². The summed E-state index contributed by atoms with van der Waals surface area (Å²) >= 11 is 0. The lowest BCUT2D eigenvalue weighted by atomic mass is 10.1. The summed E-state index contributed by atoms with van der Waals surface area (Å²) in [6.07, 6.45) is 6.47. The van der Waals surface area contributed by atoms with Gasteiger partial charge in [-0.2, -0.15) is 0 Å². The zero-order valence-corrected chi connectivity index (χ0v) is 10.1. The lowest BCUT2D eigenvalue weighted by Crippen LogP contribution is -2.33. The zero-order valence-electron chi connectivity index (χ0n) is 10.1. The first-order chi connectivity index (χ1) is 8.19. The Labute approximate surface area is 103 Å². The second-order valence-corrected chi connectivity index (χ2v) is 3.90. The van der Waals surface area contributed by atoms with Gasteiger partial charge in [-0.1, -0.05) is 31.0 Å². The number of amides is 1. The Hall–Kier alpha value is -1.95. The van der Waals surface area contributed by atoms with Crippen molar-refractivity contribution in [2.75, 3.05) is 18.8 Å². The number of anilines is 1. The summed E-state index contributed by atoms with van der Waals surface area (Å²) in [5, 5.41) is 0. The van der Waals surface area contributed by atoms with Crippen LogP contribution in [-0.2, 0) is 11.2 Å². The Balaban J connectivity index is 2.70. The van der Waals surface area contributed by atoms with Crippen LogP contribution in [0.5, 0.6) is 0 Å². The molecule has 0 bridgehead atoms. The monoisotopic (exact) mass is 230 g/mol. The van der Waals surface area contributed by atoms with Crippen molar-refractivity contribution in [3.63, 3.8) is 0 Å². The fourth-order valence-electron chi connectivity index (χ4n) is 1.64. The normalized spacial score (nSPS) is 9.65. The van der Waals surface area contributed by atoms with Gasteiger partial charge in [-0.3, -0.25) is 4.79 Å². The molecule has 1 amide bonds. The van der Waals surface area contributed by atoms with Crippen LogP contribution in [0.1, 0.15) is 18.9 Å². The molecule has 0 saturated heterocycles. The van der Waals surface area contributed by atoms with Crippen LogP contribution in [-0.4, -0.2) is 23.9 Å². The Morgan fingerprint density at radius 3 is 2.76 bits per heavy atom. The molecule has 0 aliphatic rings. The first kappa shape index (κ1) is 13.1. The molecule has 17 heavy (non-hydrogen) atoms. The Bertz CT molecular complexity index is 420. The first-order valence-corrected chi connectivity index (χ1v) is 5.73. The quantitative estimate of drug-likeness (QED) is 0.618. The second kappa shape index (κ2) is 6.59. The van der Waals surface area contributed by atoms with Crippen molar-refractivity contribution in [3.8, 4) is 12.3 Å². The van der Waals surface area contributed by atoms with Crippen molar-refractivity contribution >= 4 is 11.6 Å². The van der Waals surface area contributed by atoms with Crippen LogP contribution in [0.2, 0.25) is 0 Å². The summed E-state index contributed by atoms with van der Waals surface area (Å²) in [7, 11) is 0. The topological polar surface area (TPSA) is 46.3 Å². The van der Waals surface area contributed by atoms with E-state index in [2.05, 4.69) is 5.92 Å². The predicted octanol–water partition coefficient (Wildman–Crippen LogP) is 1.68. The van der Waals surface area contributed by atoms with Crippen LogP contribution >= 0.6 is 0 Å². The first-order valence-electron chi connectivity index (χ1n) is 5.73. The molecule has 0 aliphatic carbocycles. The maximum Gasteiger partial charge on any atom is 0.227 e. The number of nitrogen functional groups attached to an aromatic ring is 1.